The lowest BCUT2D eigenvalue weighted by Gasteiger charge is -2.61. The van der Waals surface area contributed by atoms with Crippen LogP contribution in [0, 0.1) is 50.4 Å². The molecule has 11 aliphatic rings. The number of phenolic OH excluding ortho intramolecular Hbond substituents is 2. The monoisotopic (exact) mass is 1330 g/mol. The number of esters is 4. The second-order valence-electron chi connectivity index (χ2n) is 25.0. The van der Waals surface area contributed by atoms with E-state index in [1.54, 1.807) is 6.92 Å². The number of aromatic hydroxyl groups is 2. The van der Waals surface area contributed by atoms with Crippen LogP contribution in [0.25, 0.3) is 0 Å². The number of aryl methyl sites for hydroxylation is 2. The normalized spacial score (nSPS) is 29.0. The number of phenols is 2. The molecule has 0 aliphatic carbocycles. The van der Waals surface area contributed by atoms with Gasteiger partial charge in [-0.05, 0) is 76.9 Å². The topological polar surface area (TPSA) is 326 Å². The molecule has 4 fully saturated rings. The van der Waals surface area contributed by atoms with Crippen LogP contribution in [0.2, 0.25) is 0 Å². The van der Waals surface area contributed by atoms with E-state index in [1.807, 2.05) is 47.0 Å². The predicted octanol–water partition coefficient (Wildman–Crippen LogP) is 6.07. The summed E-state index contributed by atoms with van der Waals surface area (Å²) in [6.45, 7) is 13.1. The van der Waals surface area contributed by atoms with Crippen LogP contribution in [0.5, 0.6) is 57.5 Å². The summed E-state index contributed by atoms with van der Waals surface area (Å²) in [4.78, 5) is 73.0. The molecule has 26 nitrogen and oxygen atoms in total. The summed E-state index contributed by atoms with van der Waals surface area (Å²) >= 11 is 2.78. The largest absolute Gasteiger partial charge is 0.504 e. The van der Waals surface area contributed by atoms with Crippen molar-refractivity contribution in [3.8, 4) is 69.6 Å². The maximum absolute atomic E-state index is 13.6. The number of benzene rings is 4. The van der Waals surface area contributed by atoms with E-state index >= 15 is 0 Å². The van der Waals surface area contributed by atoms with Gasteiger partial charge in [-0.1, -0.05) is 24.8 Å². The van der Waals surface area contributed by atoms with Crippen molar-refractivity contribution in [1.29, 1.82) is 10.5 Å². The number of alkyl carbamates (subject to hydrolysis) is 1. The zero-order valence-electron chi connectivity index (χ0n) is 53.4. The van der Waals surface area contributed by atoms with Crippen molar-refractivity contribution < 1.29 is 86.3 Å². The van der Waals surface area contributed by atoms with Crippen LogP contribution in [0.1, 0.15) is 115 Å². The minimum absolute atomic E-state index is 0.0179. The molecule has 4 aromatic carbocycles. The van der Waals surface area contributed by atoms with Crippen molar-refractivity contribution in [1.82, 2.24) is 24.9 Å². The molecule has 1 amide bonds. The minimum Gasteiger partial charge on any atom is -0.504 e. The van der Waals surface area contributed by atoms with Gasteiger partial charge in [-0.2, -0.15) is 10.5 Å². The Morgan fingerprint density at radius 3 is 1.53 bits per heavy atom. The number of nitriles is 2. The van der Waals surface area contributed by atoms with Gasteiger partial charge in [-0.25, -0.2) is 9.59 Å². The zero-order valence-corrected chi connectivity index (χ0v) is 55.0. The average Bonchev–Trinajstić information content (AvgIpc) is 0.883. The quantitative estimate of drug-likeness (QED) is 0.0706. The van der Waals surface area contributed by atoms with Crippen molar-refractivity contribution in [2.24, 2.45) is 5.73 Å². The number of fused-ring (bicyclic) bond motifs is 19. The molecule has 5 N–H and O–H groups in total. The van der Waals surface area contributed by atoms with Crippen molar-refractivity contribution in [3.05, 3.63) is 91.5 Å². The molecule has 15 rings (SSSR count). The number of amides is 1. The van der Waals surface area contributed by atoms with Crippen molar-refractivity contribution in [2.45, 2.75) is 137 Å². The molecule has 0 radical (unpaired) electrons. The smallest absolute Gasteiger partial charge is 0.408 e. The standard InChI is InChI=1S/C35H38N4O10S.C31H34N4O8S/c1-7-8-45-35(43)37-19-13-50-33-25-24(32-31(47-14-48-32)16(3)30(25)49-17(4)40)22(12-46-34(19)42)39-21(11-36)20-10-18-9-15(2)29(44-6)28(41)23(18)26(27(33)39)38(20)5;1-12-6-15-7-17-18(8-32)35-19-9-40-31(38)16(33)10-44-30(24(35)23(34(17)4)20(15)25(37)26(12)39-5)22-21(19)29-28(41-11-42-29)13(2)27(22)43-14(3)36/h7,9,19-22,26-27,33,41H,1,8,10,12-14H2,2-6H3,(H,37,43);6,16-19,23-24,30,37H,7,9-11,33H2,1-5H3/t19-,20+,21+,22+,26-,27?,33-;16?,17-,18-,19-,23+,24?,30+/m10/s1. The summed E-state index contributed by atoms with van der Waals surface area (Å²) < 4.78 is 64.2. The van der Waals surface area contributed by atoms with E-state index in [1.165, 1.54) is 57.7 Å². The Hall–Kier alpha value is -8.35. The van der Waals surface area contributed by atoms with Gasteiger partial charge in [0.15, 0.2) is 46.0 Å². The Morgan fingerprint density at radius 2 is 1.11 bits per heavy atom. The summed E-state index contributed by atoms with van der Waals surface area (Å²) in [5, 5.41) is 46.9. The minimum atomic E-state index is -1.10. The summed E-state index contributed by atoms with van der Waals surface area (Å²) in [7, 11) is 6.97. The number of ether oxygens (including phenoxy) is 11. The lowest BCUT2D eigenvalue weighted by molar-refractivity contribution is -0.151. The fourth-order valence-electron chi connectivity index (χ4n) is 16.4. The van der Waals surface area contributed by atoms with Gasteiger partial charge in [0.05, 0.1) is 61.0 Å². The second-order valence-corrected chi connectivity index (χ2v) is 27.3. The molecule has 11 aliphatic heterocycles. The predicted molar refractivity (Wildman–Crippen MR) is 336 cm³/mol. The number of likely N-dealkylation sites (N-methyl/N-ethyl adjacent to an activating group) is 2. The van der Waals surface area contributed by atoms with Gasteiger partial charge in [0.1, 0.15) is 55.5 Å². The van der Waals surface area contributed by atoms with Crippen LogP contribution in [-0.2, 0) is 46.2 Å². The highest BCUT2D eigenvalue weighted by molar-refractivity contribution is 7.99. The van der Waals surface area contributed by atoms with Crippen LogP contribution in [0.15, 0.2) is 24.8 Å². The first-order valence-electron chi connectivity index (χ1n) is 30.8. The molecule has 4 aromatic rings. The number of hydrogen-bond acceptors (Lipinski definition) is 27. The van der Waals surface area contributed by atoms with Crippen LogP contribution < -0.4 is 48.9 Å². The first-order valence-corrected chi connectivity index (χ1v) is 32.9. The molecule has 14 atom stereocenters. The summed E-state index contributed by atoms with van der Waals surface area (Å²) in [6.07, 6.45) is 1.60. The number of rotatable bonds is 7. The average molecular weight is 1330 g/mol. The first-order chi connectivity index (χ1) is 45.1. The van der Waals surface area contributed by atoms with Gasteiger partial charge >= 0.3 is 30.0 Å². The molecule has 4 saturated heterocycles. The van der Waals surface area contributed by atoms with Gasteiger partial charge in [0.2, 0.25) is 13.6 Å². The van der Waals surface area contributed by atoms with E-state index in [4.69, 9.17) is 57.8 Å². The molecule has 0 aromatic heterocycles. The molecule has 94 heavy (non-hydrogen) atoms. The van der Waals surface area contributed by atoms with Gasteiger partial charge in [-0.15, -0.1) is 23.5 Å². The van der Waals surface area contributed by atoms with Gasteiger partial charge in [0, 0.05) is 94.0 Å². The van der Waals surface area contributed by atoms with Crippen LogP contribution in [-0.4, -0.2) is 181 Å². The molecule has 28 heteroatoms. The molecule has 3 unspecified atom stereocenters. The van der Waals surface area contributed by atoms with E-state index in [0.29, 0.717) is 92.2 Å². The number of hydrogen-bond donors (Lipinski definition) is 4. The molecule has 0 spiro atoms. The first kappa shape index (κ1) is 64.4. The SMILES string of the molecule is C=CCOC(=O)N[C@@H]1CS[C@@H]2c3c(OC(C)=O)c(C)c4c(c3[C@H](COC1=O)N1C2[C@H]2c3c(cc(C)c(OC)c3O)C[C@@H]([C@@H]1C#N)N2C)OCO4.COc1c(C)cc2c(c1O)[C@@H]1C3[C@@H]4SCC(N)C(=O)OC[C@@H](c5c6c(c(C)c(OC(C)=O)c54)OCO6)N3[C@@H](C#N)[C@H](C2)N1C. The van der Waals surface area contributed by atoms with Crippen molar-refractivity contribution in [3.63, 3.8) is 0 Å². The maximum atomic E-state index is 13.6. The number of nitrogens with zero attached hydrogens (tertiary/aromatic N) is 6. The highest BCUT2D eigenvalue weighted by atomic mass is 32.2. The van der Waals surface area contributed by atoms with Crippen molar-refractivity contribution in [2.75, 3.05) is 73.2 Å². The Balaban J connectivity index is 0.000000172. The molecule has 8 bridgehead atoms. The molecular formula is C66H72N8O18S2. The molecule has 0 saturated carbocycles. The number of carbonyl (C=O) groups is 5. The Bertz CT molecular complexity index is 3990. The number of thioether (sulfide) groups is 2. The van der Waals surface area contributed by atoms with Crippen LogP contribution in [0.3, 0.4) is 0 Å². The number of carbonyl (C=O) groups excluding carboxylic acids is 5. The van der Waals surface area contributed by atoms with E-state index in [9.17, 15) is 44.7 Å². The highest BCUT2D eigenvalue weighted by Gasteiger charge is 2.63. The molecule has 11 heterocycles. The van der Waals surface area contributed by atoms with Gasteiger partial charge < -0.3 is 73.4 Å². The number of nitrogens with two attached hydrogens (primary N) is 1. The number of piperazine rings is 2. The highest BCUT2D eigenvalue weighted by Crippen LogP contribution is 2.67. The lowest BCUT2D eigenvalue weighted by atomic mass is 9.71. The Morgan fingerprint density at radius 1 is 0.670 bits per heavy atom. The summed E-state index contributed by atoms with van der Waals surface area (Å²) in [5.74, 6) is 1.27. The number of cyclic esters (lactones) is 1. The summed E-state index contributed by atoms with van der Waals surface area (Å²) in [5.41, 5.74) is 15.0. The third-order valence-corrected chi connectivity index (χ3v) is 22.8. The third-order valence-electron chi connectivity index (χ3n) is 20.0. The van der Waals surface area contributed by atoms with E-state index < -0.39 is 101 Å². The zero-order chi connectivity index (χ0) is 66.8. The van der Waals surface area contributed by atoms with Gasteiger partial charge in [-0.3, -0.25) is 34.0 Å². The van der Waals surface area contributed by atoms with Crippen molar-refractivity contribution >= 4 is 53.5 Å². The third kappa shape index (κ3) is 9.95. The second kappa shape index (κ2) is 24.8. The maximum Gasteiger partial charge on any atom is 0.408 e. The Kier molecular flexibility index (Phi) is 17.0. The fourth-order valence-corrected chi connectivity index (χ4v) is 19.3. The number of nitrogens with one attached hydrogen (secondary N) is 1. The van der Waals surface area contributed by atoms with E-state index in [2.05, 4.69) is 43.6 Å². The number of methoxy groups -OCH3 is 2. The lowest BCUT2D eigenvalue weighted by Crippen LogP contribution is -2.69. The summed E-state index contributed by atoms with van der Waals surface area (Å²) in [6, 6.07) is 2.02. The molecular weight excluding hydrogens is 1260 g/mol. The van der Waals surface area contributed by atoms with E-state index in [0.717, 1.165) is 33.4 Å². The van der Waals surface area contributed by atoms with Crippen LogP contribution >= 0.6 is 23.5 Å². The van der Waals surface area contributed by atoms with E-state index in [-0.39, 0.29) is 68.5 Å². The fraction of sp³-hybridized carbons (Fsp3) is 0.500. The molecule has 496 valence electrons. The Labute approximate surface area is 550 Å². The van der Waals surface area contributed by atoms with Crippen LogP contribution in [0.4, 0.5) is 4.79 Å². The van der Waals surface area contributed by atoms with Gasteiger partial charge in [0.25, 0.3) is 0 Å².